The summed E-state index contributed by atoms with van der Waals surface area (Å²) in [6.45, 7) is 5.00. The molecule has 0 bridgehead atoms. The van der Waals surface area contributed by atoms with Gasteiger partial charge in [0.05, 0.1) is 0 Å². The predicted molar refractivity (Wildman–Crippen MR) is 99.4 cm³/mol. The van der Waals surface area contributed by atoms with Crippen LogP contribution in [-0.2, 0) is 10.2 Å². The average Bonchev–Trinajstić information content (AvgIpc) is 3.01. The van der Waals surface area contributed by atoms with Crippen molar-refractivity contribution in [2.24, 2.45) is 17.6 Å². The van der Waals surface area contributed by atoms with Gasteiger partial charge in [-0.25, -0.2) is 0 Å². The SMILES string of the molecule is CC1CCCN(S(=O)(=O)N2C[C@@H](CN)[C@H](c3ccccc3)C2)C1.Cl. The van der Waals surface area contributed by atoms with Crippen molar-refractivity contribution >= 4 is 22.6 Å². The molecule has 1 aromatic carbocycles. The summed E-state index contributed by atoms with van der Waals surface area (Å²) < 4.78 is 29.3. The van der Waals surface area contributed by atoms with Gasteiger partial charge < -0.3 is 5.73 Å². The fourth-order valence-electron chi connectivity index (χ4n) is 3.86. The van der Waals surface area contributed by atoms with Gasteiger partial charge in [-0.3, -0.25) is 0 Å². The van der Waals surface area contributed by atoms with Crippen molar-refractivity contribution in [3.63, 3.8) is 0 Å². The van der Waals surface area contributed by atoms with Crippen molar-refractivity contribution in [3.8, 4) is 0 Å². The molecule has 2 N–H and O–H groups in total. The molecule has 0 aliphatic carbocycles. The third-order valence-electron chi connectivity index (χ3n) is 5.21. The number of halogens is 1. The zero-order valence-electron chi connectivity index (χ0n) is 14.2. The van der Waals surface area contributed by atoms with Gasteiger partial charge in [-0.15, -0.1) is 12.4 Å². The highest BCUT2D eigenvalue weighted by molar-refractivity contribution is 7.86. The third kappa shape index (κ3) is 3.94. The smallest absolute Gasteiger partial charge is 0.282 e. The highest BCUT2D eigenvalue weighted by atomic mass is 35.5. The Morgan fingerprint density at radius 2 is 1.83 bits per heavy atom. The maximum absolute atomic E-state index is 13.0. The molecule has 0 radical (unpaired) electrons. The van der Waals surface area contributed by atoms with Gasteiger partial charge in [-0.05, 0) is 36.8 Å². The van der Waals surface area contributed by atoms with E-state index in [1.165, 1.54) is 5.56 Å². The van der Waals surface area contributed by atoms with Gasteiger partial charge >= 0.3 is 0 Å². The van der Waals surface area contributed by atoms with E-state index in [9.17, 15) is 8.42 Å². The molecule has 3 rings (SSSR count). The molecule has 0 spiro atoms. The lowest BCUT2D eigenvalue weighted by Crippen LogP contribution is -2.47. The number of nitrogens with zero attached hydrogens (tertiary/aromatic N) is 2. The number of benzene rings is 1. The Morgan fingerprint density at radius 3 is 2.46 bits per heavy atom. The second-order valence-electron chi connectivity index (χ2n) is 6.94. The van der Waals surface area contributed by atoms with Crippen molar-refractivity contribution in [1.29, 1.82) is 0 Å². The minimum absolute atomic E-state index is 0. The lowest BCUT2D eigenvalue weighted by atomic mass is 9.89. The molecule has 2 fully saturated rings. The molecule has 2 aliphatic heterocycles. The number of hydrogen-bond donors (Lipinski definition) is 1. The summed E-state index contributed by atoms with van der Waals surface area (Å²) in [7, 11) is -3.37. The maximum Gasteiger partial charge on any atom is 0.282 e. The van der Waals surface area contributed by atoms with Gasteiger partial charge in [-0.1, -0.05) is 37.3 Å². The second kappa shape index (κ2) is 8.15. The first-order chi connectivity index (χ1) is 11.0. The highest BCUT2D eigenvalue weighted by Crippen LogP contribution is 2.34. The molecular formula is C17H28ClN3O2S. The van der Waals surface area contributed by atoms with E-state index in [4.69, 9.17) is 5.73 Å². The standard InChI is InChI=1S/C17H27N3O2S.ClH/c1-14-6-5-9-19(11-14)23(21,22)20-12-16(10-18)17(13-20)15-7-3-2-4-8-15;/h2-4,7-8,14,16-17H,5-6,9-13,18H2,1H3;1H/t14?,16-,17+;/m1./s1. The molecule has 5 nitrogen and oxygen atoms in total. The van der Waals surface area contributed by atoms with Crippen LogP contribution < -0.4 is 5.73 Å². The van der Waals surface area contributed by atoms with E-state index >= 15 is 0 Å². The quantitative estimate of drug-likeness (QED) is 0.878. The summed E-state index contributed by atoms with van der Waals surface area (Å²) in [6, 6.07) is 10.1. The van der Waals surface area contributed by atoms with Crippen LogP contribution in [0.1, 0.15) is 31.2 Å². The third-order valence-corrected chi connectivity index (χ3v) is 7.15. The molecule has 136 valence electrons. The summed E-state index contributed by atoms with van der Waals surface area (Å²) >= 11 is 0. The van der Waals surface area contributed by atoms with Gasteiger partial charge in [0.2, 0.25) is 0 Å². The fraction of sp³-hybridized carbons (Fsp3) is 0.647. The van der Waals surface area contributed by atoms with Crippen molar-refractivity contribution in [1.82, 2.24) is 8.61 Å². The maximum atomic E-state index is 13.0. The van der Waals surface area contributed by atoms with Gasteiger partial charge in [0.1, 0.15) is 0 Å². The highest BCUT2D eigenvalue weighted by Gasteiger charge is 2.41. The summed E-state index contributed by atoms with van der Waals surface area (Å²) in [5, 5.41) is 0. The van der Waals surface area contributed by atoms with Crippen LogP contribution in [0.15, 0.2) is 30.3 Å². The largest absolute Gasteiger partial charge is 0.330 e. The fourth-order valence-corrected chi connectivity index (χ4v) is 5.71. The Balaban J connectivity index is 0.00000208. The summed E-state index contributed by atoms with van der Waals surface area (Å²) in [5.41, 5.74) is 7.12. The summed E-state index contributed by atoms with van der Waals surface area (Å²) in [5.74, 6) is 0.823. The van der Waals surface area contributed by atoms with E-state index in [-0.39, 0.29) is 24.2 Å². The van der Waals surface area contributed by atoms with E-state index < -0.39 is 10.2 Å². The molecule has 1 aromatic rings. The van der Waals surface area contributed by atoms with Gasteiger partial charge in [0.15, 0.2) is 0 Å². The van der Waals surface area contributed by atoms with Crippen LogP contribution in [0.25, 0.3) is 0 Å². The average molecular weight is 374 g/mol. The zero-order chi connectivity index (χ0) is 16.4. The van der Waals surface area contributed by atoms with Crippen LogP contribution in [0.3, 0.4) is 0 Å². The first-order valence-electron chi connectivity index (χ1n) is 8.52. The topological polar surface area (TPSA) is 66.6 Å². The Hall–Kier alpha value is -0.660. The van der Waals surface area contributed by atoms with E-state index in [0.717, 1.165) is 12.8 Å². The number of rotatable bonds is 4. The molecule has 0 aromatic heterocycles. The Kier molecular flexibility index (Phi) is 6.67. The minimum atomic E-state index is -3.37. The number of hydrogen-bond acceptors (Lipinski definition) is 3. The molecule has 2 saturated heterocycles. The molecule has 1 unspecified atom stereocenters. The van der Waals surface area contributed by atoms with Crippen LogP contribution in [0.4, 0.5) is 0 Å². The van der Waals surface area contributed by atoms with Crippen LogP contribution in [-0.4, -0.2) is 49.8 Å². The minimum Gasteiger partial charge on any atom is -0.330 e. The van der Waals surface area contributed by atoms with Crippen molar-refractivity contribution in [2.45, 2.75) is 25.7 Å². The first-order valence-corrected chi connectivity index (χ1v) is 9.92. The molecule has 0 saturated carbocycles. The number of piperidine rings is 1. The number of nitrogens with two attached hydrogens (primary N) is 1. The zero-order valence-corrected chi connectivity index (χ0v) is 15.8. The van der Waals surface area contributed by atoms with Crippen molar-refractivity contribution in [2.75, 3.05) is 32.7 Å². The van der Waals surface area contributed by atoms with Crippen molar-refractivity contribution < 1.29 is 8.42 Å². The van der Waals surface area contributed by atoms with E-state index in [0.29, 0.717) is 38.6 Å². The van der Waals surface area contributed by atoms with Crippen LogP contribution in [0.2, 0.25) is 0 Å². The van der Waals surface area contributed by atoms with Gasteiger partial charge in [0.25, 0.3) is 10.2 Å². The van der Waals surface area contributed by atoms with E-state index in [1.807, 2.05) is 18.2 Å². The molecule has 24 heavy (non-hydrogen) atoms. The Morgan fingerprint density at radius 1 is 1.12 bits per heavy atom. The van der Waals surface area contributed by atoms with E-state index in [1.54, 1.807) is 8.61 Å². The van der Waals surface area contributed by atoms with Crippen LogP contribution >= 0.6 is 12.4 Å². The van der Waals surface area contributed by atoms with Gasteiger partial charge in [0, 0.05) is 32.1 Å². The molecular weight excluding hydrogens is 346 g/mol. The summed E-state index contributed by atoms with van der Waals surface area (Å²) in [6.07, 6.45) is 2.07. The predicted octanol–water partition coefficient (Wildman–Crippen LogP) is 2.06. The normalized spacial score (nSPS) is 29.3. The lowest BCUT2D eigenvalue weighted by Gasteiger charge is -2.33. The Labute approximate surface area is 151 Å². The van der Waals surface area contributed by atoms with E-state index in [2.05, 4.69) is 19.1 Å². The molecule has 0 amide bonds. The molecule has 2 heterocycles. The van der Waals surface area contributed by atoms with Gasteiger partial charge in [-0.2, -0.15) is 17.0 Å². The Bertz CT molecular complexity index is 626. The summed E-state index contributed by atoms with van der Waals surface area (Å²) in [4.78, 5) is 0. The monoisotopic (exact) mass is 373 g/mol. The molecule has 3 atom stereocenters. The lowest BCUT2D eigenvalue weighted by molar-refractivity contribution is 0.263. The second-order valence-corrected chi connectivity index (χ2v) is 8.87. The first kappa shape index (κ1) is 19.7. The van der Waals surface area contributed by atoms with Crippen molar-refractivity contribution in [3.05, 3.63) is 35.9 Å². The molecule has 2 aliphatic rings. The van der Waals surface area contributed by atoms with Crippen LogP contribution in [0.5, 0.6) is 0 Å². The van der Waals surface area contributed by atoms with Crippen LogP contribution in [0, 0.1) is 11.8 Å². The molecule has 7 heteroatoms.